The second-order valence-electron chi connectivity index (χ2n) is 6.90. The highest BCUT2D eigenvalue weighted by Crippen LogP contribution is 2.24. The van der Waals surface area contributed by atoms with Gasteiger partial charge < -0.3 is 9.80 Å². The summed E-state index contributed by atoms with van der Waals surface area (Å²) < 4.78 is 0. The van der Waals surface area contributed by atoms with Crippen molar-refractivity contribution < 1.29 is 4.79 Å². The minimum atomic E-state index is 0.254. The van der Waals surface area contributed by atoms with E-state index in [-0.39, 0.29) is 5.91 Å². The van der Waals surface area contributed by atoms with Gasteiger partial charge in [0, 0.05) is 45.0 Å². The molecule has 1 aliphatic carbocycles. The molecule has 2 fully saturated rings. The van der Waals surface area contributed by atoms with E-state index in [2.05, 4.69) is 21.9 Å². The van der Waals surface area contributed by atoms with Gasteiger partial charge in [0.1, 0.15) is 0 Å². The van der Waals surface area contributed by atoms with Gasteiger partial charge in [0.15, 0.2) is 0 Å². The Balaban J connectivity index is 1.51. The average molecular weight is 315 g/mol. The summed E-state index contributed by atoms with van der Waals surface area (Å²) in [6, 6.07) is 10.9. The number of hydrogen-bond acceptors (Lipinski definition) is 3. The van der Waals surface area contributed by atoms with Gasteiger partial charge in [-0.05, 0) is 31.4 Å². The van der Waals surface area contributed by atoms with Crippen molar-refractivity contribution in [3.05, 3.63) is 30.3 Å². The molecule has 0 spiro atoms. The standard InChI is InChI=1S/C19H29N3O/c1-20(17-8-3-2-4-9-17)16-19(23)22-13-7-12-21(14-15-22)18-10-5-6-11-18/h2-4,8-9,18H,5-7,10-16H2,1H3. The fourth-order valence-electron chi connectivity index (χ4n) is 3.90. The van der Waals surface area contributed by atoms with E-state index in [0.29, 0.717) is 6.54 Å². The van der Waals surface area contributed by atoms with Crippen LogP contribution < -0.4 is 4.90 Å². The fourth-order valence-corrected chi connectivity index (χ4v) is 3.90. The zero-order chi connectivity index (χ0) is 16.1. The first kappa shape index (κ1) is 16.3. The summed E-state index contributed by atoms with van der Waals surface area (Å²) in [5.41, 5.74) is 1.10. The molecule has 0 atom stereocenters. The molecule has 0 bridgehead atoms. The van der Waals surface area contributed by atoms with E-state index in [1.165, 1.54) is 25.7 Å². The summed E-state index contributed by atoms with van der Waals surface area (Å²) in [5.74, 6) is 0.254. The van der Waals surface area contributed by atoms with Crippen LogP contribution in [0.4, 0.5) is 5.69 Å². The third-order valence-corrected chi connectivity index (χ3v) is 5.29. The van der Waals surface area contributed by atoms with Gasteiger partial charge in [-0.1, -0.05) is 31.0 Å². The minimum Gasteiger partial charge on any atom is -0.365 e. The molecular formula is C19H29N3O. The molecule has 1 aliphatic heterocycles. The van der Waals surface area contributed by atoms with Crippen LogP contribution in [0.15, 0.2) is 30.3 Å². The molecule has 4 heteroatoms. The largest absolute Gasteiger partial charge is 0.365 e. The number of carbonyl (C=O) groups excluding carboxylic acids is 1. The quantitative estimate of drug-likeness (QED) is 0.854. The lowest BCUT2D eigenvalue weighted by Crippen LogP contribution is -2.42. The molecule has 4 nitrogen and oxygen atoms in total. The lowest BCUT2D eigenvalue weighted by Gasteiger charge is -2.28. The number of anilines is 1. The van der Waals surface area contributed by atoms with Crippen LogP contribution in [0.2, 0.25) is 0 Å². The summed E-state index contributed by atoms with van der Waals surface area (Å²) in [6.07, 6.45) is 6.57. The molecule has 1 amide bonds. The Hall–Kier alpha value is -1.55. The van der Waals surface area contributed by atoms with Crippen molar-refractivity contribution in [2.45, 2.75) is 38.1 Å². The minimum absolute atomic E-state index is 0.254. The number of nitrogens with zero attached hydrogens (tertiary/aromatic N) is 3. The highest BCUT2D eigenvalue weighted by Gasteiger charge is 2.26. The van der Waals surface area contributed by atoms with Crippen molar-refractivity contribution in [1.82, 2.24) is 9.80 Å². The number of likely N-dealkylation sites (N-methyl/N-ethyl adjacent to an activating group) is 1. The molecule has 1 saturated heterocycles. The van der Waals surface area contributed by atoms with Crippen molar-refractivity contribution in [3.8, 4) is 0 Å². The van der Waals surface area contributed by atoms with E-state index in [1.807, 2.05) is 30.1 Å². The van der Waals surface area contributed by atoms with Crippen molar-refractivity contribution in [3.63, 3.8) is 0 Å². The van der Waals surface area contributed by atoms with Crippen molar-refractivity contribution in [2.75, 3.05) is 44.7 Å². The average Bonchev–Trinajstić information content (AvgIpc) is 3.00. The van der Waals surface area contributed by atoms with Gasteiger partial charge in [0.05, 0.1) is 6.54 Å². The third kappa shape index (κ3) is 4.25. The van der Waals surface area contributed by atoms with Gasteiger partial charge in [0.25, 0.3) is 0 Å². The predicted molar refractivity (Wildman–Crippen MR) is 94.7 cm³/mol. The molecule has 0 N–H and O–H groups in total. The van der Waals surface area contributed by atoms with Gasteiger partial charge in [0.2, 0.25) is 5.91 Å². The number of amides is 1. The molecule has 126 valence electrons. The first-order valence-corrected chi connectivity index (χ1v) is 9.02. The summed E-state index contributed by atoms with van der Waals surface area (Å²) >= 11 is 0. The number of carbonyl (C=O) groups is 1. The summed E-state index contributed by atoms with van der Waals surface area (Å²) in [6.45, 7) is 4.46. The highest BCUT2D eigenvalue weighted by atomic mass is 16.2. The van der Waals surface area contributed by atoms with Gasteiger partial charge in [-0.2, -0.15) is 0 Å². The predicted octanol–water partition coefficient (Wildman–Crippen LogP) is 2.60. The van der Waals surface area contributed by atoms with Crippen molar-refractivity contribution >= 4 is 11.6 Å². The lowest BCUT2D eigenvalue weighted by molar-refractivity contribution is -0.129. The zero-order valence-corrected chi connectivity index (χ0v) is 14.3. The Kier molecular flexibility index (Phi) is 5.55. The molecule has 1 aromatic rings. The Bertz CT molecular complexity index is 499. The topological polar surface area (TPSA) is 26.8 Å². The lowest BCUT2D eigenvalue weighted by atomic mass is 10.2. The van der Waals surface area contributed by atoms with Crippen LogP contribution in [-0.2, 0) is 4.79 Å². The van der Waals surface area contributed by atoms with E-state index in [4.69, 9.17) is 0 Å². The molecule has 2 aliphatic rings. The van der Waals surface area contributed by atoms with Crippen LogP contribution in [-0.4, -0.2) is 61.5 Å². The number of hydrogen-bond donors (Lipinski definition) is 0. The zero-order valence-electron chi connectivity index (χ0n) is 14.3. The van der Waals surface area contributed by atoms with E-state index >= 15 is 0 Å². The van der Waals surface area contributed by atoms with Crippen LogP contribution in [0, 0.1) is 0 Å². The van der Waals surface area contributed by atoms with E-state index in [0.717, 1.165) is 44.3 Å². The van der Waals surface area contributed by atoms with Gasteiger partial charge in [-0.3, -0.25) is 9.69 Å². The monoisotopic (exact) mass is 315 g/mol. The first-order valence-electron chi connectivity index (χ1n) is 9.02. The van der Waals surface area contributed by atoms with Gasteiger partial charge >= 0.3 is 0 Å². The molecule has 1 aromatic carbocycles. The summed E-state index contributed by atoms with van der Waals surface area (Å²) in [5, 5.41) is 0. The van der Waals surface area contributed by atoms with Crippen LogP contribution >= 0.6 is 0 Å². The maximum Gasteiger partial charge on any atom is 0.242 e. The summed E-state index contributed by atoms with van der Waals surface area (Å²) in [7, 11) is 2.00. The molecular weight excluding hydrogens is 286 g/mol. The maximum atomic E-state index is 12.6. The van der Waals surface area contributed by atoms with E-state index in [1.54, 1.807) is 0 Å². The van der Waals surface area contributed by atoms with Crippen LogP contribution in [0.5, 0.6) is 0 Å². The third-order valence-electron chi connectivity index (χ3n) is 5.29. The smallest absolute Gasteiger partial charge is 0.242 e. The van der Waals surface area contributed by atoms with Crippen molar-refractivity contribution in [2.24, 2.45) is 0 Å². The second kappa shape index (κ2) is 7.82. The maximum absolute atomic E-state index is 12.6. The van der Waals surface area contributed by atoms with Crippen LogP contribution in [0.3, 0.4) is 0 Å². The number of rotatable bonds is 4. The number of benzene rings is 1. The molecule has 0 unspecified atom stereocenters. The molecule has 1 saturated carbocycles. The molecule has 23 heavy (non-hydrogen) atoms. The van der Waals surface area contributed by atoms with Crippen LogP contribution in [0.1, 0.15) is 32.1 Å². The number of para-hydroxylation sites is 1. The van der Waals surface area contributed by atoms with Gasteiger partial charge in [-0.25, -0.2) is 0 Å². The van der Waals surface area contributed by atoms with Crippen LogP contribution in [0.25, 0.3) is 0 Å². The molecule has 0 aromatic heterocycles. The Morgan fingerprint density at radius 1 is 1.04 bits per heavy atom. The Morgan fingerprint density at radius 2 is 1.78 bits per heavy atom. The fraction of sp³-hybridized carbons (Fsp3) is 0.632. The van der Waals surface area contributed by atoms with E-state index in [9.17, 15) is 4.79 Å². The summed E-state index contributed by atoms with van der Waals surface area (Å²) in [4.78, 5) is 19.4. The molecule has 3 rings (SSSR count). The molecule has 0 radical (unpaired) electrons. The SMILES string of the molecule is CN(CC(=O)N1CCCN(C2CCCC2)CC1)c1ccccc1. The molecule has 1 heterocycles. The first-order chi connectivity index (χ1) is 11.2. The van der Waals surface area contributed by atoms with Crippen molar-refractivity contribution in [1.29, 1.82) is 0 Å². The Morgan fingerprint density at radius 3 is 2.52 bits per heavy atom. The normalized spacial score (nSPS) is 20.5. The second-order valence-corrected chi connectivity index (χ2v) is 6.90. The van der Waals surface area contributed by atoms with Gasteiger partial charge in [-0.15, -0.1) is 0 Å². The Labute approximate surface area is 140 Å². The van der Waals surface area contributed by atoms with E-state index < -0.39 is 0 Å². The highest BCUT2D eigenvalue weighted by molar-refractivity contribution is 5.81.